The number of nitrogens with zero attached hydrogens (tertiary/aromatic N) is 2. The van der Waals surface area contributed by atoms with Gasteiger partial charge in [0.2, 0.25) is 0 Å². The van der Waals surface area contributed by atoms with Crippen LogP contribution in [0.5, 0.6) is 0 Å². The van der Waals surface area contributed by atoms with Crippen molar-refractivity contribution in [2.24, 2.45) is 0 Å². The van der Waals surface area contributed by atoms with Gasteiger partial charge in [0.15, 0.2) is 0 Å². The summed E-state index contributed by atoms with van der Waals surface area (Å²) < 4.78 is 0. The zero-order valence-electron chi connectivity index (χ0n) is 10.6. The van der Waals surface area contributed by atoms with Crippen LogP contribution in [0.25, 0.3) is 0 Å². The second-order valence-corrected chi connectivity index (χ2v) is 5.32. The number of anilines is 1. The largest absolute Gasteiger partial charge is 0.364 e. The number of alkyl halides is 1. The van der Waals surface area contributed by atoms with Crippen molar-refractivity contribution >= 4 is 17.4 Å². The molecule has 0 saturated carbocycles. The predicted molar refractivity (Wildman–Crippen MR) is 69.3 cm³/mol. The van der Waals surface area contributed by atoms with Gasteiger partial charge in [-0.05, 0) is 20.8 Å². The van der Waals surface area contributed by atoms with Crippen molar-refractivity contribution in [1.82, 2.24) is 9.97 Å². The minimum absolute atomic E-state index is 0.156. The molecule has 1 aromatic rings. The lowest BCUT2D eigenvalue weighted by Crippen LogP contribution is -2.33. The Hall–Kier alpha value is -0.830. The molecule has 90 valence electrons. The molecule has 0 saturated heterocycles. The predicted octanol–water partition coefficient (Wildman–Crippen LogP) is 3.34. The van der Waals surface area contributed by atoms with Gasteiger partial charge < -0.3 is 5.32 Å². The molecule has 0 spiro atoms. The molecule has 16 heavy (non-hydrogen) atoms. The zero-order chi connectivity index (χ0) is 12.3. The van der Waals surface area contributed by atoms with Crippen LogP contribution in [0.3, 0.4) is 0 Å². The topological polar surface area (TPSA) is 37.8 Å². The van der Waals surface area contributed by atoms with Gasteiger partial charge in [-0.2, -0.15) is 0 Å². The molecule has 0 aliphatic heterocycles. The van der Waals surface area contributed by atoms with Gasteiger partial charge in [-0.1, -0.05) is 13.8 Å². The molecule has 0 aliphatic rings. The number of aromatic nitrogens is 2. The molecule has 1 rings (SSSR count). The fraction of sp³-hybridized carbons (Fsp3) is 0.667. The molecule has 1 heterocycles. The second kappa shape index (κ2) is 5.00. The summed E-state index contributed by atoms with van der Waals surface area (Å²) in [6.45, 7) is 10.3. The molecule has 0 amide bonds. The van der Waals surface area contributed by atoms with Gasteiger partial charge in [0, 0.05) is 29.1 Å². The molecule has 0 fully saturated rings. The molecule has 0 bridgehead atoms. The highest BCUT2D eigenvalue weighted by Gasteiger charge is 2.17. The van der Waals surface area contributed by atoms with Gasteiger partial charge in [0.1, 0.15) is 11.6 Å². The van der Waals surface area contributed by atoms with Crippen LogP contribution in [-0.4, -0.2) is 21.4 Å². The minimum Gasteiger partial charge on any atom is -0.364 e. The Balaban J connectivity index is 2.97. The third kappa shape index (κ3) is 3.63. The smallest absolute Gasteiger partial charge is 0.133 e. The van der Waals surface area contributed by atoms with E-state index in [4.69, 9.17) is 11.6 Å². The summed E-state index contributed by atoms with van der Waals surface area (Å²) in [5, 5.41) is 3.32. The molecular formula is C12H20ClN3. The van der Waals surface area contributed by atoms with Crippen molar-refractivity contribution in [2.75, 3.05) is 11.2 Å². The Kier molecular flexibility index (Phi) is 4.14. The molecule has 0 aliphatic carbocycles. The van der Waals surface area contributed by atoms with Crippen molar-refractivity contribution < 1.29 is 0 Å². The van der Waals surface area contributed by atoms with Crippen molar-refractivity contribution in [3.63, 3.8) is 0 Å². The molecule has 4 heteroatoms. The van der Waals surface area contributed by atoms with E-state index in [0.717, 1.165) is 17.3 Å². The average molecular weight is 242 g/mol. The van der Waals surface area contributed by atoms with Crippen LogP contribution in [0.4, 0.5) is 5.82 Å². The summed E-state index contributed by atoms with van der Waals surface area (Å²) in [7, 11) is 0. The zero-order valence-corrected chi connectivity index (χ0v) is 11.4. The van der Waals surface area contributed by atoms with E-state index in [0.29, 0.717) is 11.8 Å². The quantitative estimate of drug-likeness (QED) is 0.822. The number of halogens is 1. The van der Waals surface area contributed by atoms with Crippen molar-refractivity contribution in [3.8, 4) is 0 Å². The number of rotatable bonds is 4. The van der Waals surface area contributed by atoms with Gasteiger partial charge in [-0.3, -0.25) is 0 Å². The maximum absolute atomic E-state index is 5.88. The number of nitrogens with one attached hydrogen (secondary N) is 1. The first-order valence-corrected chi connectivity index (χ1v) is 6.07. The fourth-order valence-electron chi connectivity index (χ4n) is 1.29. The molecule has 1 aromatic heterocycles. The molecule has 0 atom stereocenters. The first-order valence-electron chi connectivity index (χ1n) is 5.54. The lowest BCUT2D eigenvalue weighted by atomic mass is 10.1. The van der Waals surface area contributed by atoms with Crippen LogP contribution in [-0.2, 0) is 0 Å². The Morgan fingerprint density at radius 3 is 2.50 bits per heavy atom. The van der Waals surface area contributed by atoms with E-state index >= 15 is 0 Å². The monoisotopic (exact) mass is 241 g/mol. The minimum atomic E-state index is -0.156. The Bertz CT molecular complexity index is 361. The van der Waals surface area contributed by atoms with Crippen molar-refractivity contribution in [3.05, 3.63) is 17.6 Å². The maximum Gasteiger partial charge on any atom is 0.133 e. The summed E-state index contributed by atoms with van der Waals surface area (Å²) in [6.07, 6.45) is 0. The second-order valence-electron chi connectivity index (χ2n) is 5.05. The number of hydrogen-bond acceptors (Lipinski definition) is 3. The molecule has 1 N–H and O–H groups in total. The van der Waals surface area contributed by atoms with Crippen LogP contribution in [0, 0.1) is 6.92 Å². The van der Waals surface area contributed by atoms with Crippen LogP contribution >= 0.6 is 11.6 Å². The molecule has 3 nitrogen and oxygen atoms in total. The van der Waals surface area contributed by atoms with Gasteiger partial charge >= 0.3 is 0 Å². The Morgan fingerprint density at radius 1 is 1.38 bits per heavy atom. The van der Waals surface area contributed by atoms with Crippen molar-refractivity contribution in [2.45, 2.75) is 46.1 Å². The van der Waals surface area contributed by atoms with E-state index in [1.807, 2.05) is 26.8 Å². The summed E-state index contributed by atoms with van der Waals surface area (Å²) in [5.74, 6) is 2.59. The van der Waals surface area contributed by atoms with Crippen LogP contribution in [0.15, 0.2) is 6.07 Å². The molecule has 0 aromatic carbocycles. The third-order valence-electron chi connectivity index (χ3n) is 2.19. The first kappa shape index (κ1) is 13.2. The number of aryl methyl sites for hydroxylation is 1. The summed E-state index contributed by atoms with van der Waals surface area (Å²) in [4.78, 5) is 8.89. The standard InChI is InChI=1S/C12H20ClN3/c1-8(2)11-14-9(3)6-10(15-11)16-12(4,5)7-13/h6,8H,7H2,1-5H3,(H,14,15,16). The van der Waals surface area contributed by atoms with Gasteiger partial charge in [0.05, 0.1) is 0 Å². The summed E-state index contributed by atoms with van der Waals surface area (Å²) in [6, 6.07) is 1.94. The lowest BCUT2D eigenvalue weighted by Gasteiger charge is -2.24. The van der Waals surface area contributed by atoms with Crippen LogP contribution in [0.1, 0.15) is 45.1 Å². The van der Waals surface area contributed by atoms with E-state index in [1.54, 1.807) is 0 Å². The highest BCUT2D eigenvalue weighted by molar-refractivity contribution is 6.18. The Labute approximate surface area is 103 Å². The number of hydrogen-bond donors (Lipinski definition) is 1. The van der Waals surface area contributed by atoms with Gasteiger partial charge in [-0.25, -0.2) is 9.97 Å². The summed E-state index contributed by atoms with van der Waals surface area (Å²) >= 11 is 5.88. The Morgan fingerprint density at radius 2 is 2.00 bits per heavy atom. The van der Waals surface area contributed by atoms with E-state index in [9.17, 15) is 0 Å². The molecule has 0 radical (unpaired) electrons. The van der Waals surface area contributed by atoms with Crippen LogP contribution < -0.4 is 5.32 Å². The van der Waals surface area contributed by atoms with E-state index in [2.05, 4.69) is 29.1 Å². The molecular weight excluding hydrogens is 222 g/mol. The average Bonchev–Trinajstić information content (AvgIpc) is 2.16. The normalized spacial score (nSPS) is 11.9. The van der Waals surface area contributed by atoms with E-state index in [1.165, 1.54) is 0 Å². The SMILES string of the molecule is Cc1cc(NC(C)(C)CCl)nc(C(C)C)n1. The maximum atomic E-state index is 5.88. The van der Waals surface area contributed by atoms with Gasteiger partial charge in [-0.15, -0.1) is 11.6 Å². The third-order valence-corrected chi connectivity index (χ3v) is 2.86. The van der Waals surface area contributed by atoms with Crippen LogP contribution in [0.2, 0.25) is 0 Å². The van der Waals surface area contributed by atoms with E-state index < -0.39 is 0 Å². The van der Waals surface area contributed by atoms with E-state index in [-0.39, 0.29) is 5.54 Å². The highest BCUT2D eigenvalue weighted by atomic mass is 35.5. The van der Waals surface area contributed by atoms with Crippen molar-refractivity contribution in [1.29, 1.82) is 0 Å². The molecule has 0 unspecified atom stereocenters. The highest BCUT2D eigenvalue weighted by Crippen LogP contribution is 2.18. The summed E-state index contributed by atoms with van der Waals surface area (Å²) in [5.41, 5.74) is 0.822. The van der Waals surface area contributed by atoms with Gasteiger partial charge in [0.25, 0.3) is 0 Å². The fourth-order valence-corrected chi connectivity index (χ4v) is 1.36. The lowest BCUT2D eigenvalue weighted by molar-refractivity contribution is 0.634. The first-order chi connectivity index (χ1) is 7.34.